The Hall–Kier alpha value is -2.15. The quantitative estimate of drug-likeness (QED) is 0.388. The van der Waals surface area contributed by atoms with Crippen molar-refractivity contribution in [1.29, 1.82) is 0 Å². The fourth-order valence-corrected chi connectivity index (χ4v) is 1.37. The summed E-state index contributed by atoms with van der Waals surface area (Å²) >= 11 is 0. The van der Waals surface area contributed by atoms with Crippen LogP contribution in [0.5, 0.6) is 5.75 Å². The van der Waals surface area contributed by atoms with Crippen LogP contribution in [0.2, 0.25) is 0 Å². The molecule has 148 valence electrons. The van der Waals surface area contributed by atoms with E-state index >= 15 is 0 Å². The first-order chi connectivity index (χ1) is 12.2. The number of aryl methyl sites for hydroxylation is 1. The van der Waals surface area contributed by atoms with Gasteiger partial charge in [-0.25, -0.2) is 0 Å². The van der Waals surface area contributed by atoms with Crippen LogP contribution in [0.4, 0.5) is 13.2 Å². The van der Waals surface area contributed by atoms with Crippen molar-refractivity contribution in [2.75, 3.05) is 0 Å². The molecule has 1 nitrogen and oxygen atoms in total. The zero-order valence-corrected chi connectivity index (χ0v) is 17.3. The minimum absolute atomic E-state index is 0.187. The minimum Gasteiger partial charge on any atom is -0.406 e. The van der Waals surface area contributed by atoms with Crippen molar-refractivity contribution in [3.8, 4) is 17.6 Å². The van der Waals surface area contributed by atoms with Crippen molar-refractivity contribution in [3.05, 3.63) is 53.6 Å². The number of benzene rings is 1. The topological polar surface area (TPSA) is 9.23 Å². The molecule has 0 saturated carbocycles. The lowest BCUT2D eigenvalue weighted by molar-refractivity contribution is -0.274. The SMILES string of the molecule is C/C=C\C(=C/C)CC.CC.CC#CC.Cc1ccc(OC(F)(F)F)cc1. The molecule has 0 saturated heterocycles. The predicted octanol–water partition coefficient (Wildman–Crippen LogP) is 7.87. The van der Waals surface area contributed by atoms with Crippen molar-refractivity contribution in [3.63, 3.8) is 0 Å². The summed E-state index contributed by atoms with van der Waals surface area (Å²) in [5.41, 5.74) is 2.30. The Labute approximate surface area is 158 Å². The van der Waals surface area contributed by atoms with E-state index in [0.29, 0.717) is 0 Å². The number of allylic oxidation sites excluding steroid dienone is 4. The van der Waals surface area contributed by atoms with Crippen LogP contribution in [0, 0.1) is 18.8 Å². The molecule has 1 aromatic rings. The first-order valence-corrected chi connectivity index (χ1v) is 8.67. The van der Waals surface area contributed by atoms with E-state index < -0.39 is 6.36 Å². The molecule has 0 unspecified atom stereocenters. The molecule has 0 bridgehead atoms. The second-order valence-electron chi connectivity index (χ2n) is 4.58. The highest BCUT2D eigenvalue weighted by Gasteiger charge is 2.30. The van der Waals surface area contributed by atoms with E-state index in [-0.39, 0.29) is 5.75 Å². The molecular weight excluding hydrogens is 337 g/mol. The molecule has 0 spiro atoms. The van der Waals surface area contributed by atoms with Gasteiger partial charge >= 0.3 is 6.36 Å². The van der Waals surface area contributed by atoms with Crippen LogP contribution in [0.3, 0.4) is 0 Å². The summed E-state index contributed by atoms with van der Waals surface area (Å²) in [6.45, 7) is 15.7. The van der Waals surface area contributed by atoms with Gasteiger partial charge in [0, 0.05) is 0 Å². The van der Waals surface area contributed by atoms with Crippen LogP contribution in [0.15, 0.2) is 48.1 Å². The van der Waals surface area contributed by atoms with Gasteiger partial charge in [-0.3, -0.25) is 0 Å². The molecule has 1 rings (SSSR count). The summed E-state index contributed by atoms with van der Waals surface area (Å²) in [6.07, 6.45) is 2.88. The van der Waals surface area contributed by atoms with Gasteiger partial charge in [0.1, 0.15) is 5.75 Å². The number of rotatable bonds is 3. The van der Waals surface area contributed by atoms with E-state index in [0.717, 1.165) is 12.0 Å². The first kappa shape index (κ1) is 28.6. The Morgan fingerprint density at radius 2 is 1.50 bits per heavy atom. The van der Waals surface area contributed by atoms with Gasteiger partial charge < -0.3 is 4.74 Å². The molecule has 0 atom stereocenters. The Bertz CT molecular complexity index is 533. The Kier molecular flexibility index (Phi) is 21.1. The molecule has 0 fully saturated rings. The molecule has 0 aliphatic rings. The van der Waals surface area contributed by atoms with Gasteiger partial charge in [-0.2, -0.15) is 0 Å². The largest absolute Gasteiger partial charge is 0.573 e. The van der Waals surface area contributed by atoms with Crippen molar-refractivity contribution in [2.24, 2.45) is 0 Å². The number of hydrogen-bond donors (Lipinski definition) is 0. The highest BCUT2D eigenvalue weighted by Crippen LogP contribution is 2.22. The lowest BCUT2D eigenvalue weighted by Crippen LogP contribution is -2.16. The van der Waals surface area contributed by atoms with Crippen molar-refractivity contribution in [1.82, 2.24) is 0 Å². The average Bonchev–Trinajstić information content (AvgIpc) is 2.63. The normalized spacial score (nSPS) is 10.0. The maximum Gasteiger partial charge on any atom is 0.573 e. The number of halogens is 3. The standard InChI is InChI=1S/C8H7F3O.C8H14.C4H6.C2H6/c1-6-2-4-7(5-3-6)12-8(9,10)11;1-4-7-8(5-2)6-3;1-3-4-2;1-2/h2-5H,1H3;4-5,7H,6H2,1-3H3;1-2H3;1-2H3/b;7-4-,8-5-;;. The molecule has 0 radical (unpaired) electrons. The number of ether oxygens (including phenoxy) is 1. The van der Waals surface area contributed by atoms with Crippen LogP contribution in [0.1, 0.15) is 60.5 Å². The van der Waals surface area contributed by atoms with Crippen LogP contribution >= 0.6 is 0 Å². The van der Waals surface area contributed by atoms with Crippen LogP contribution in [0.25, 0.3) is 0 Å². The van der Waals surface area contributed by atoms with Gasteiger partial charge in [-0.15, -0.1) is 25.0 Å². The lowest BCUT2D eigenvalue weighted by atomic mass is 10.2. The number of alkyl halides is 3. The summed E-state index contributed by atoms with van der Waals surface area (Å²) in [6, 6.07) is 5.67. The zero-order chi connectivity index (χ0) is 21.0. The highest BCUT2D eigenvalue weighted by atomic mass is 19.4. The van der Waals surface area contributed by atoms with Crippen LogP contribution in [-0.2, 0) is 0 Å². The lowest BCUT2D eigenvalue weighted by Gasteiger charge is -2.08. The van der Waals surface area contributed by atoms with E-state index in [1.807, 2.05) is 34.6 Å². The van der Waals surface area contributed by atoms with Gasteiger partial charge in [0.15, 0.2) is 0 Å². The fourth-order valence-electron chi connectivity index (χ4n) is 1.37. The summed E-state index contributed by atoms with van der Waals surface area (Å²) < 4.78 is 38.5. The van der Waals surface area contributed by atoms with E-state index in [4.69, 9.17) is 0 Å². The predicted molar refractivity (Wildman–Crippen MR) is 107 cm³/mol. The zero-order valence-electron chi connectivity index (χ0n) is 17.3. The molecule has 0 aliphatic carbocycles. The average molecular weight is 370 g/mol. The van der Waals surface area contributed by atoms with Gasteiger partial charge in [0.05, 0.1) is 0 Å². The molecule has 0 amide bonds. The van der Waals surface area contributed by atoms with E-state index in [2.05, 4.69) is 48.7 Å². The fraction of sp³-hybridized carbons (Fsp3) is 0.455. The molecule has 1 aromatic carbocycles. The Morgan fingerprint density at radius 1 is 1.04 bits per heavy atom. The van der Waals surface area contributed by atoms with Crippen LogP contribution in [-0.4, -0.2) is 6.36 Å². The smallest absolute Gasteiger partial charge is 0.406 e. The van der Waals surface area contributed by atoms with Crippen molar-refractivity contribution in [2.45, 2.75) is 68.2 Å². The van der Waals surface area contributed by atoms with Gasteiger partial charge in [-0.1, -0.05) is 62.3 Å². The van der Waals surface area contributed by atoms with E-state index in [1.165, 1.54) is 17.7 Å². The van der Waals surface area contributed by atoms with E-state index in [1.54, 1.807) is 19.1 Å². The van der Waals surface area contributed by atoms with Crippen molar-refractivity contribution < 1.29 is 17.9 Å². The molecule has 0 heterocycles. The second kappa shape index (κ2) is 19.2. The summed E-state index contributed by atoms with van der Waals surface area (Å²) in [7, 11) is 0. The molecular formula is C22H33F3O. The summed E-state index contributed by atoms with van der Waals surface area (Å²) in [5, 5.41) is 0. The maximum absolute atomic E-state index is 11.6. The Balaban J connectivity index is -0.000000328. The third kappa shape index (κ3) is 21.9. The highest BCUT2D eigenvalue weighted by molar-refractivity contribution is 5.26. The molecule has 0 aromatic heterocycles. The molecule has 0 N–H and O–H groups in total. The number of hydrogen-bond acceptors (Lipinski definition) is 1. The van der Waals surface area contributed by atoms with E-state index in [9.17, 15) is 13.2 Å². The third-order valence-corrected chi connectivity index (χ3v) is 2.66. The van der Waals surface area contributed by atoms with Crippen molar-refractivity contribution >= 4 is 0 Å². The summed E-state index contributed by atoms with van der Waals surface area (Å²) in [4.78, 5) is 0. The van der Waals surface area contributed by atoms with Gasteiger partial charge in [0.2, 0.25) is 0 Å². The molecule has 4 heteroatoms. The minimum atomic E-state index is -4.60. The Morgan fingerprint density at radius 3 is 1.73 bits per heavy atom. The van der Waals surface area contributed by atoms with Crippen LogP contribution < -0.4 is 4.74 Å². The van der Waals surface area contributed by atoms with Gasteiger partial charge in [0.25, 0.3) is 0 Å². The second-order valence-corrected chi connectivity index (χ2v) is 4.58. The molecule has 0 aliphatic heterocycles. The first-order valence-electron chi connectivity index (χ1n) is 8.67. The molecule has 26 heavy (non-hydrogen) atoms. The van der Waals surface area contributed by atoms with Gasteiger partial charge in [-0.05, 0) is 53.2 Å². The monoisotopic (exact) mass is 370 g/mol. The maximum atomic E-state index is 11.6. The third-order valence-electron chi connectivity index (χ3n) is 2.66. The summed E-state index contributed by atoms with van der Waals surface area (Å²) in [5.74, 6) is 5.17.